The smallest absolute Gasteiger partial charge is 0.0176 e. The fourth-order valence-electron chi connectivity index (χ4n) is 1.43. The van der Waals surface area contributed by atoms with Crippen LogP contribution in [0, 0.1) is 5.92 Å². The standard InChI is InChI=1S/C11H14BrNS/c12-10-1-3-11(4-2-10)14-6-5-9-7-13-8-9/h1-4,9,13H,5-8H2. The van der Waals surface area contributed by atoms with E-state index < -0.39 is 0 Å². The Labute approximate surface area is 97.8 Å². The Morgan fingerprint density at radius 2 is 2.00 bits per heavy atom. The third-order valence-electron chi connectivity index (χ3n) is 2.47. The van der Waals surface area contributed by atoms with Gasteiger partial charge in [0.05, 0.1) is 0 Å². The summed E-state index contributed by atoms with van der Waals surface area (Å²) in [5.41, 5.74) is 0. The summed E-state index contributed by atoms with van der Waals surface area (Å²) in [4.78, 5) is 1.38. The minimum atomic E-state index is 0.929. The Balaban J connectivity index is 1.71. The highest BCUT2D eigenvalue weighted by atomic mass is 79.9. The largest absolute Gasteiger partial charge is 0.316 e. The van der Waals surface area contributed by atoms with Crippen molar-refractivity contribution in [3.05, 3.63) is 28.7 Å². The monoisotopic (exact) mass is 271 g/mol. The first-order chi connectivity index (χ1) is 6.84. The second kappa shape index (κ2) is 5.19. The van der Waals surface area contributed by atoms with E-state index in [2.05, 4.69) is 45.5 Å². The predicted octanol–water partition coefficient (Wildman–Crippen LogP) is 3.15. The zero-order valence-corrected chi connectivity index (χ0v) is 10.4. The van der Waals surface area contributed by atoms with Crippen molar-refractivity contribution in [2.45, 2.75) is 11.3 Å². The van der Waals surface area contributed by atoms with Crippen molar-refractivity contribution in [2.24, 2.45) is 5.92 Å². The van der Waals surface area contributed by atoms with Gasteiger partial charge in [0.1, 0.15) is 0 Å². The summed E-state index contributed by atoms with van der Waals surface area (Å²) in [6.45, 7) is 2.45. The van der Waals surface area contributed by atoms with Gasteiger partial charge in [-0.05, 0) is 55.4 Å². The quantitative estimate of drug-likeness (QED) is 0.845. The molecule has 1 nitrogen and oxygen atoms in total. The molecule has 0 unspecified atom stereocenters. The number of nitrogens with one attached hydrogen (secondary N) is 1. The maximum atomic E-state index is 3.44. The normalized spacial score (nSPS) is 16.6. The summed E-state index contributed by atoms with van der Waals surface area (Å²) in [5, 5.41) is 3.30. The average Bonchev–Trinajstić information content (AvgIpc) is 2.12. The van der Waals surface area contributed by atoms with Crippen molar-refractivity contribution < 1.29 is 0 Å². The molecule has 1 aromatic rings. The van der Waals surface area contributed by atoms with Gasteiger partial charge in [0.25, 0.3) is 0 Å². The number of rotatable bonds is 4. The second-order valence-electron chi connectivity index (χ2n) is 3.62. The van der Waals surface area contributed by atoms with E-state index in [4.69, 9.17) is 0 Å². The fraction of sp³-hybridized carbons (Fsp3) is 0.455. The fourth-order valence-corrected chi connectivity index (χ4v) is 2.71. The van der Waals surface area contributed by atoms with Gasteiger partial charge in [-0.1, -0.05) is 15.9 Å². The van der Waals surface area contributed by atoms with Gasteiger partial charge < -0.3 is 5.32 Å². The van der Waals surface area contributed by atoms with E-state index in [1.54, 1.807) is 0 Å². The lowest BCUT2D eigenvalue weighted by Gasteiger charge is -2.26. The van der Waals surface area contributed by atoms with E-state index in [-0.39, 0.29) is 0 Å². The molecule has 1 aliphatic rings. The van der Waals surface area contributed by atoms with Gasteiger partial charge in [-0.3, -0.25) is 0 Å². The molecule has 14 heavy (non-hydrogen) atoms. The van der Waals surface area contributed by atoms with E-state index in [9.17, 15) is 0 Å². The van der Waals surface area contributed by atoms with Gasteiger partial charge in [0, 0.05) is 9.37 Å². The van der Waals surface area contributed by atoms with E-state index in [0.717, 1.165) is 10.4 Å². The zero-order valence-electron chi connectivity index (χ0n) is 8.00. The lowest BCUT2D eigenvalue weighted by atomic mass is 10.0. The Kier molecular flexibility index (Phi) is 3.90. The Morgan fingerprint density at radius 3 is 2.57 bits per heavy atom. The van der Waals surface area contributed by atoms with E-state index >= 15 is 0 Å². The molecule has 1 N–H and O–H groups in total. The zero-order chi connectivity index (χ0) is 9.80. The number of thioether (sulfide) groups is 1. The van der Waals surface area contributed by atoms with Gasteiger partial charge >= 0.3 is 0 Å². The first-order valence-electron chi connectivity index (χ1n) is 4.94. The second-order valence-corrected chi connectivity index (χ2v) is 5.70. The SMILES string of the molecule is Brc1ccc(SCCC2CNC2)cc1. The van der Waals surface area contributed by atoms with E-state index in [0.29, 0.717) is 0 Å². The molecule has 1 aromatic carbocycles. The summed E-state index contributed by atoms with van der Waals surface area (Å²) >= 11 is 5.40. The summed E-state index contributed by atoms with van der Waals surface area (Å²) in [6.07, 6.45) is 1.34. The number of hydrogen-bond donors (Lipinski definition) is 1. The minimum absolute atomic E-state index is 0.929. The van der Waals surface area contributed by atoms with Crippen LogP contribution in [0.4, 0.5) is 0 Å². The molecule has 1 saturated heterocycles. The van der Waals surface area contributed by atoms with Crippen molar-refractivity contribution >= 4 is 27.7 Å². The van der Waals surface area contributed by atoms with Crippen LogP contribution in [-0.4, -0.2) is 18.8 Å². The third kappa shape index (κ3) is 3.01. The lowest BCUT2D eigenvalue weighted by Crippen LogP contribution is -2.42. The molecule has 0 saturated carbocycles. The topological polar surface area (TPSA) is 12.0 Å². The van der Waals surface area contributed by atoms with Crippen LogP contribution in [0.3, 0.4) is 0 Å². The van der Waals surface area contributed by atoms with Crippen molar-refractivity contribution in [1.82, 2.24) is 5.32 Å². The Morgan fingerprint density at radius 1 is 1.29 bits per heavy atom. The number of halogens is 1. The summed E-state index contributed by atoms with van der Waals surface area (Å²) < 4.78 is 1.16. The number of hydrogen-bond acceptors (Lipinski definition) is 2. The summed E-state index contributed by atoms with van der Waals surface area (Å²) in [7, 11) is 0. The molecule has 0 radical (unpaired) electrons. The van der Waals surface area contributed by atoms with Gasteiger partial charge in [-0.25, -0.2) is 0 Å². The minimum Gasteiger partial charge on any atom is -0.316 e. The van der Waals surface area contributed by atoms with Crippen LogP contribution in [0.15, 0.2) is 33.6 Å². The van der Waals surface area contributed by atoms with Crippen molar-refractivity contribution in [3.63, 3.8) is 0 Å². The van der Waals surface area contributed by atoms with Crippen molar-refractivity contribution in [1.29, 1.82) is 0 Å². The molecule has 0 amide bonds. The van der Waals surface area contributed by atoms with Gasteiger partial charge in [-0.15, -0.1) is 11.8 Å². The molecule has 0 aliphatic carbocycles. The average molecular weight is 272 g/mol. The van der Waals surface area contributed by atoms with Gasteiger partial charge in [-0.2, -0.15) is 0 Å². The van der Waals surface area contributed by atoms with Crippen LogP contribution >= 0.6 is 27.7 Å². The highest BCUT2D eigenvalue weighted by Gasteiger charge is 2.15. The molecule has 3 heteroatoms. The van der Waals surface area contributed by atoms with E-state index in [1.165, 1.54) is 30.2 Å². The van der Waals surface area contributed by atoms with Crippen molar-refractivity contribution in [2.75, 3.05) is 18.8 Å². The molecular formula is C11H14BrNS. The number of benzene rings is 1. The van der Waals surface area contributed by atoms with Crippen LogP contribution in [0.1, 0.15) is 6.42 Å². The maximum Gasteiger partial charge on any atom is 0.0176 e. The molecule has 0 atom stereocenters. The lowest BCUT2D eigenvalue weighted by molar-refractivity contribution is 0.341. The van der Waals surface area contributed by atoms with Crippen LogP contribution in [0.2, 0.25) is 0 Å². The molecule has 2 rings (SSSR count). The molecule has 0 bridgehead atoms. The molecular weight excluding hydrogens is 258 g/mol. The molecule has 1 fully saturated rings. The van der Waals surface area contributed by atoms with Gasteiger partial charge in [0.15, 0.2) is 0 Å². The van der Waals surface area contributed by atoms with Gasteiger partial charge in [0.2, 0.25) is 0 Å². The van der Waals surface area contributed by atoms with E-state index in [1.807, 2.05) is 11.8 Å². The van der Waals surface area contributed by atoms with Crippen LogP contribution < -0.4 is 5.32 Å². The molecule has 0 aromatic heterocycles. The Hall–Kier alpha value is 0.01000. The first kappa shape index (κ1) is 10.5. The van der Waals surface area contributed by atoms with Crippen LogP contribution in [-0.2, 0) is 0 Å². The highest BCUT2D eigenvalue weighted by molar-refractivity contribution is 9.10. The van der Waals surface area contributed by atoms with Crippen molar-refractivity contribution in [3.8, 4) is 0 Å². The molecule has 76 valence electrons. The first-order valence-corrected chi connectivity index (χ1v) is 6.71. The molecule has 1 heterocycles. The van der Waals surface area contributed by atoms with Crippen LogP contribution in [0.5, 0.6) is 0 Å². The molecule has 1 aliphatic heterocycles. The third-order valence-corrected chi connectivity index (χ3v) is 4.05. The van der Waals surface area contributed by atoms with Crippen LogP contribution in [0.25, 0.3) is 0 Å². The summed E-state index contributed by atoms with van der Waals surface area (Å²) in [5.74, 6) is 2.17. The Bertz CT molecular complexity index is 282. The highest BCUT2D eigenvalue weighted by Crippen LogP contribution is 2.23. The molecule has 0 spiro atoms. The maximum absolute atomic E-state index is 3.44. The summed E-state index contributed by atoms with van der Waals surface area (Å²) in [6, 6.07) is 8.56. The predicted molar refractivity (Wildman–Crippen MR) is 65.8 cm³/mol.